The largest absolute Gasteiger partial charge is 0.493 e. The van der Waals surface area contributed by atoms with E-state index in [1.807, 2.05) is 0 Å². The molecule has 0 spiro atoms. The molecule has 3 N–H and O–H groups in total. The third kappa shape index (κ3) is 1.56. The van der Waals surface area contributed by atoms with Gasteiger partial charge in [0, 0.05) is 0 Å². The lowest BCUT2D eigenvalue weighted by molar-refractivity contribution is 0.416. The van der Waals surface area contributed by atoms with Crippen molar-refractivity contribution < 1.29 is 4.74 Å². The van der Waals surface area contributed by atoms with Gasteiger partial charge in [-0.05, 0) is 12.1 Å². The number of methoxy groups -OCH3 is 1. The van der Waals surface area contributed by atoms with Crippen molar-refractivity contribution in [3.8, 4) is 5.75 Å². The highest BCUT2D eigenvalue weighted by molar-refractivity contribution is 6.32. The van der Waals surface area contributed by atoms with Crippen LogP contribution in [0.1, 0.15) is 0 Å². The summed E-state index contributed by atoms with van der Waals surface area (Å²) in [6.45, 7) is 0. The highest BCUT2D eigenvalue weighted by atomic mass is 35.5. The van der Waals surface area contributed by atoms with Crippen LogP contribution in [-0.2, 0) is 0 Å². The van der Waals surface area contributed by atoms with Gasteiger partial charge in [-0.2, -0.15) is 0 Å². The normalized spacial score (nSPS) is 9.36. The molecule has 0 saturated carbocycles. The zero-order valence-corrected chi connectivity index (χ0v) is 6.85. The number of nitrogen functional groups attached to an aromatic ring is 1. The SMILES string of the molecule is COc1c(Cl)cccc1NN. The lowest BCUT2D eigenvalue weighted by atomic mass is 10.3. The van der Waals surface area contributed by atoms with Gasteiger partial charge in [0.1, 0.15) is 0 Å². The number of hydrazine groups is 1. The molecule has 0 aliphatic carbocycles. The second-order valence-corrected chi connectivity index (χ2v) is 2.37. The third-order valence-electron chi connectivity index (χ3n) is 1.33. The van der Waals surface area contributed by atoms with Crippen LogP contribution >= 0.6 is 11.6 Å². The van der Waals surface area contributed by atoms with Crippen molar-refractivity contribution in [3.63, 3.8) is 0 Å². The summed E-state index contributed by atoms with van der Waals surface area (Å²) in [5.41, 5.74) is 3.16. The molecule has 0 radical (unpaired) electrons. The Balaban J connectivity index is 3.13. The number of nitrogens with one attached hydrogen (secondary N) is 1. The van der Waals surface area contributed by atoms with Crippen molar-refractivity contribution in [1.82, 2.24) is 0 Å². The molecule has 0 aliphatic rings. The average molecular weight is 173 g/mol. The van der Waals surface area contributed by atoms with Crippen LogP contribution < -0.4 is 16.0 Å². The summed E-state index contributed by atoms with van der Waals surface area (Å²) in [6.07, 6.45) is 0. The van der Waals surface area contributed by atoms with Gasteiger partial charge in [-0.25, -0.2) is 0 Å². The number of halogens is 1. The smallest absolute Gasteiger partial charge is 0.161 e. The van der Waals surface area contributed by atoms with Crippen molar-refractivity contribution in [2.75, 3.05) is 12.5 Å². The van der Waals surface area contributed by atoms with Gasteiger partial charge in [0.15, 0.2) is 5.75 Å². The summed E-state index contributed by atoms with van der Waals surface area (Å²) in [5.74, 6) is 5.77. The summed E-state index contributed by atoms with van der Waals surface area (Å²) in [6, 6.07) is 5.31. The predicted octanol–water partition coefficient (Wildman–Crippen LogP) is 1.63. The molecular weight excluding hydrogens is 164 g/mol. The summed E-state index contributed by atoms with van der Waals surface area (Å²) >= 11 is 5.79. The number of nitrogens with two attached hydrogens (primary N) is 1. The Morgan fingerprint density at radius 2 is 2.27 bits per heavy atom. The summed E-state index contributed by atoms with van der Waals surface area (Å²) in [5, 5.41) is 0.544. The van der Waals surface area contributed by atoms with Gasteiger partial charge in [0.25, 0.3) is 0 Å². The molecule has 0 fully saturated rings. The van der Waals surface area contributed by atoms with Gasteiger partial charge in [0.2, 0.25) is 0 Å². The molecule has 0 bridgehead atoms. The van der Waals surface area contributed by atoms with Gasteiger partial charge < -0.3 is 10.2 Å². The van der Waals surface area contributed by atoms with Crippen molar-refractivity contribution >= 4 is 17.3 Å². The minimum Gasteiger partial charge on any atom is -0.493 e. The quantitative estimate of drug-likeness (QED) is 0.527. The van der Waals surface area contributed by atoms with Crippen molar-refractivity contribution in [1.29, 1.82) is 0 Å². The van der Waals surface area contributed by atoms with Crippen molar-refractivity contribution in [2.45, 2.75) is 0 Å². The fourth-order valence-corrected chi connectivity index (χ4v) is 1.08. The Bertz CT molecular complexity index is 252. The van der Waals surface area contributed by atoms with E-state index >= 15 is 0 Å². The predicted molar refractivity (Wildman–Crippen MR) is 45.8 cm³/mol. The number of ether oxygens (including phenoxy) is 1. The number of hydrogen-bond donors (Lipinski definition) is 2. The first-order valence-electron chi connectivity index (χ1n) is 3.08. The van der Waals surface area contributed by atoms with Gasteiger partial charge in [-0.3, -0.25) is 5.84 Å². The topological polar surface area (TPSA) is 47.3 Å². The minimum absolute atomic E-state index is 0.544. The van der Waals surface area contributed by atoms with Crippen molar-refractivity contribution in [2.24, 2.45) is 5.84 Å². The molecule has 4 heteroatoms. The molecule has 1 rings (SSSR count). The van der Waals surface area contributed by atoms with E-state index in [1.54, 1.807) is 25.3 Å². The molecule has 0 amide bonds. The second-order valence-electron chi connectivity index (χ2n) is 1.96. The summed E-state index contributed by atoms with van der Waals surface area (Å²) in [7, 11) is 1.54. The summed E-state index contributed by atoms with van der Waals surface area (Å²) in [4.78, 5) is 0. The molecular formula is C7H9ClN2O. The first-order valence-corrected chi connectivity index (χ1v) is 3.46. The molecule has 0 heterocycles. The van der Waals surface area contributed by atoms with E-state index in [2.05, 4.69) is 5.43 Å². The zero-order valence-electron chi connectivity index (χ0n) is 6.10. The number of rotatable bonds is 2. The molecule has 3 nitrogen and oxygen atoms in total. The zero-order chi connectivity index (χ0) is 8.27. The van der Waals surface area contributed by atoms with Crippen LogP contribution in [0, 0.1) is 0 Å². The molecule has 0 aromatic heterocycles. The Labute approximate surface area is 70.1 Å². The first-order chi connectivity index (χ1) is 5.29. The molecule has 0 atom stereocenters. The van der Waals surface area contributed by atoms with Crippen LogP contribution in [0.4, 0.5) is 5.69 Å². The van der Waals surface area contributed by atoms with Crippen LogP contribution in [-0.4, -0.2) is 7.11 Å². The molecule has 0 unspecified atom stereocenters. The third-order valence-corrected chi connectivity index (χ3v) is 1.62. The molecule has 60 valence electrons. The molecule has 1 aromatic carbocycles. The maximum atomic E-state index is 5.79. The maximum absolute atomic E-state index is 5.79. The second kappa shape index (κ2) is 3.46. The van der Waals surface area contributed by atoms with E-state index in [1.165, 1.54) is 0 Å². The van der Waals surface area contributed by atoms with E-state index in [0.29, 0.717) is 16.5 Å². The van der Waals surface area contributed by atoms with E-state index in [0.717, 1.165) is 0 Å². The molecule has 0 saturated heterocycles. The van der Waals surface area contributed by atoms with Crippen LogP contribution in [0.25, 0.3) is 0 Å². The maximum Gasteiger partial charge on any atom is 0.161 e. The number of hydrogen-bond acceptors (Lipinski definition) is 3. The van der Waals surface area contributed by atoms with Gasteiger partial charge in [-0.15, -0.1) is 0 Å². The van der Waals surface area contributed by atoms with E-state index in [9.17, 15) is 0 Å². The number of benzene rings is 1. The van der Waals surface area contributed by atoms with Crippen LogP contribution in [0.2, 0.25) is 5.02 Å². The van der Waals surface area contributed by atoms with Gasteiger partial charge >= 0.3 is 0 Å². The monoisotopic (exact) mass is 172 g/mol. The minimum atomic E-state index is 0.544. The molecule has 0 aliphatic heterocycles. The Kier molecular flexibility index (Phi) is 2.57. The van der Waals surface area contributed by atoms with Gasteiger partial charge in [-0.1, -0.05) is 17.7 Å². The Morgan fingerprint density at radius 1 is 1.55 bits per heavy atom. The van der Waals surface area contributed by atoms with E-state index < -0.39 is 0 Å². The van der Waals surface area contributed by atoms with E-state index in [4.69, 9.17) is 22.2 Å². The fraction of sp³-hybridized carbons (Fsp3) is 0.143. The van der Waals surface area contributed by atoms with E-state index in [-0.39, 0.29) is 0 Å². The lowest BCUT2D eigenvalue weighted by Crippen LogP contribution is -2.07. The summed E-state index contributed by atoms with van der Waals surface area (Å²) < 4.78 is 4.99. The highest BCUT2D eigenvalue weighted by Gasteiger charge is 2.03. The lowest BCUT2D eigenvalue weighted by Gasteiger charge is -2.07. The fourth-order valence-electron chi connectivity index (χ4n) is 0.830. The van der Waals surface area contributed by atoms with Crippen LogP contribution in [0.5, 0.6) is 5.75 Å². The Hall–Kier alpha value is -0.930. The highest BCUT2D eigenvalue weighted by Crippen LogP contribution is 2.31. The van der Waals surface area contributed by atoms with Crippen molar-refractivity contribution in [3.05, 3.63) is 23.2 Å². The average Bonchev–Trinajstić information content (AvgIpc) is 2.04. The van der Waals surface area contributed by atoms with Crippen LogP contribution in [0.15, 0.2) is 18.2 Å². The molecule has 11 heavy (non-hydrogen) atoms. The standard InChI is InChI=1S/C7H9ClN2O/c1-11-7-5(8)3-2-4-6(7)10-9/h2-4,10H,9H2,1H3. The number of anilines is 1. The Morgan fingerprint density at radius 3 is 2.73 bits per heavy atom. The molecule has 1 aromatic rings. The first kappa shape index (κ1) is 8.17. The van der Waals surface area contributed by atoms with Gasteiger partial charge in [0.05, 0.1) is 17.8 Å². The van der Waals surface area contributed by atoms with Crippen LogP contribution in [0.3, 0.4) is 0 Å². The number of para-hydroxylation sites is 1.